The highest BCUT2D eigenvalue weighted by atomic mass is 32.2. The molecule has 1 aliphatic heterocycles. The summed E-state index contributed by atoms with van der Waals surface area (Å²) >= 11 is 1.45. The molecule has 1 aromatic carbocycles. The number of hydrogen-bond donors (Lipinski definition) is 2. The van der Waals surface area contributed by atoms with Crippen LogP contribution in [0.25, 0.3) is 0 Å². The lowest BCUT2D eigenvalue weighted by atomic mass is 9.99. The Labute approximate surface area is 161 Å². The Hall–Kier alpha value is -2.01. The molecular weight excluding hydrogens is 390 g/mol. The van der Waals surface area contributed by atoms with Crippen LogP contribution in [0.1, 0.15) is 25.3 Å². The Morgan fingerprint density at radius 1 is 1.33 bits per heavy atom. The molecule has 0 saturated carbocycles. The predicted octanol–water partition coefficient (Wildman–Crippen LogP) is 2.76. The van der Waals surface area contributed by atoms with Gasteiger partial charge in [0.15, 0.2) is 0 Å². The number of thiophene rings is 1. The Morgan fingerprint density at radius 2 is 2.04 bits per heavy atom. The lowest BCUT2D eigenvalue weighted by Gasteiger charge is -2.25. The van der Waals surface area contributed by atoms with Crippen LogP contribution in [0.5, 0.6) is 0 Å². The summed E-state index contributed by atoms with van der Waals surface area (Å²) in [5.74, 6) is 0. The van der Waals surface area contributed by atoms with Crippen molar-refractivity contribution >= 4 is 32.7 Å². The maximum atomic E-state index is 13.0. The molecule has 0 amide bonds. The molecule has 1 unspecified atom stereocenters. The maximum absolute atomic E-state index is 13.0. The lowest BCUT2D eigenvalue weighted by molar-refractivity contribution is -0.385. The van der Waals surface area contributed by atoms with E-state index in [1.165, 1.54) is 27.8 Å². The molecular formula is C17H21N3O5S2. The maximum Gasteiger partial charge on any atom is 0.270 e. The zero-order valence-corrected chi connectivity index (χ0v) is 16.4. The third-order valence-corrected chi connectivity index (χ3v) is 7.25. The topological polar surface area (TPSA) is 113 Å². The monoisotopic (exact) mass is 411 g/mol. The minimum Gasteiger partial charge on any atom is -0.384 e. The number of nitrogens with zero attached hydrogens (tertiary/aromatic N) is 2. The van der Waals surface area contributed by atoms with E-state index < -0.39 is 20.5 Å². The number of rotatable bonds is 7. The van der Waals surface area contributed by atoms with Gasteiger partial charge in [-0.1, -0.05) is 0 Å². The minimum atomic E-state index is -3.86. The van der Waals surface area contributed by atoms with Gasteiger partial charge in [0.05, 0.1) is 10.6 Å². The average molecular weight is 412 g/mol. The summed E-state index contributed by atoms with van der Waals surface area (Å²) in [7, 11) is -3.86. The van der Waals surface area contributed by atoms with Gasteiger partial charge in [-0.2, -0.15) is 15.6 Å². The number of non-ortho nitro benzene ring substituents is 1. The molecule has 2 heterocycles. The van der Waals surface area contributed by atoms with Crippen LogP contribution in [0, 0.1) is 10.1 Å². The van der Waals surface area contributed by atoms with Crippen LogP contribution in [-0.2, 0) is 15.6 Å². The molecule has 0 aliphatic carbocycles. The van der Waals surface area contributed by atoms with Gasteiger partial charge in [0.1, 0.15) is 10.5 Å². The molecule has 8 nitrogen and oxygen atoms in total. The summed E-state index contributed by atoms with van der Waals surface area (Å²) < 4.78 is 27.3. The van der Waals surface area contributed by atoms with E-state index in [4.69, 9.17) is 0 Å². The predicted molar refractivity (Wildman–Crippen MR) is 103 cm³/mol. The number of benzene rings is 1. The highest BCUT2D eigenvalue weighted by molar-refractivity contribution is 7.89. The second-order valence-electron chi connectivity index (χ2n) is 6.69. The van der Waals surface area contributed by atoms with Gasteiger partial charge in [-0.25, -0.2) is 8.42 Å². The van der Waals surface area contributed by atoms with Gasteiger partial charge in [-0.3, -0.25) is 10.1 Å². The Bertz CT molecular complexity index is 920. The Kier molecular flexibility index (Phi) is 5.52. The summed E-state index contributed by atoms with van der Waals surface area (Å²) in [4.78, 5) is 10.4. The van der Waals surface area contributed by atoms with Gasteiger partial charge in [0.25, 0.3) is 5.69 Å². The van der Waals surface area contributed by atoms with Gasteiger partial charge in [-0.15, -0.1) is 0 Å². The van der Waals surface area contributed by atoms with Crippen LogP contribution in [-0.4, -0.2) is 42.4 Å². The van der Waals surface area contributed by atoms with Crippen LogP contribution in [0.3, 0.4) is 0 Å². The molecule has 3 rings (SSSR count). The van der Waals surface area contributed by atoms with Crippen molar-refractivity contribution in [1.82, 2.24) is 4.31 Å². The summed E-state index contributed by atoms with van der Waals surface area (Å²) in [5.41, 5.74) is -0.548. The first kappa shape index (κ1) is 19.7. The van der Waals surface area contributed by atoms with Crippen molar-refractivity contribution in [3.8, 4) is 0 Å². The molecule has 1 aliphatic rings. The van der Waals surface area contributed by atoms with Gasteiger partial charge in [0, 0.05) is 31.8 Å². The SMILES string of the molecule is CC(O)(CNc1ccc([N+](=O)[O-])cc1S(=O)(=O)N1CCCC1)c1ccsc1. The number of hydrogen-bond acceptors (Lipinski definition) is 7. The summed E-state index contributed by atoms with van der Waals surface area (Å²) in [6.07, 6.45) is 1.54. The largest absolute Gasteiger partial charge is 0.384 e. The van der Waals surface area contributed by atoms with Crippen LogP contribution >= 0.6 is 11.3 Å². The second kappa shape index (κ2) is 7.55. The molecule has 1 atom stereocenters. The first-order valence-electron chi connectivity index (χ1n) is 8.49. The number of sulfonamides is 1. The molecule has 1 saturated heterocycles. The number of nitro groups is 1. The number of nitro benzene ring substituents is 1. The molecule has 2 aromatic rings. The molecule has 1 aromatic heterocycles. The van der Waals surface area contributed by atoms with Crippen LogP contribution in [0.15, 0.2) is 39.9 Å². The van der Waals surface area contributed by atoms with Crippen molar-refractivity contribution in [1.29, 1.82) is 0 Å². The fourth-order valence-electron chi connectivity index (χ4n) is 2.99. The van der Waals surface area contributed by atoms with Crippen molar-refractivity contribution in [2.24, 2.45) is 0 Å². The van der Waals surface area contributed by atoms with E-state index in [1.807, 2.05) is 10.8 Å². The number of aliphatic hydroxyl groups is 1. The standard InChI is InChI=1S/C17H21N3O5S2/c1-17(21,13-6-9-26-11-13)12-18-15-5-4-14(20(22)23)10-16(15)27(24,25)19-7-2-3-8-19/h4-6,9-11,18,21H,2-3,7-8,12H2,1H3. The number of anilines is 1. The molecule has 146 valence electrons. The van der Waals surface area contributed by atoms with Crippen molar-refractivity contribution in [2.45, 2.75) is 30.3 Å². The molecule has 0 bridgehead atoms. The summed E-state index contributed by atoms with van der Waals surface area (Å²) in [6, 6.07) is 5.51. The van der Waals surface area contributed by atoms with Gasteiger partial charge < -0.3 is 10.4 Å². The molecule has 10 heteroatoms. The minimum absolute atomic E-state index is 0.0596. The smallest absolute Gasteiger partial charge is 0.270 e. The van der Waals surface area contributed by atoms with Crippen LogP contribution < -0.4 is 5.32 Å². The van der Waals surface area contributed by atoms with Crippen molar-refractivity contribution in [3.05, 3.63) is 50.7 Å². The fraction of sp³-hybridized carbons (Fsp3) is 0.412. The van der Waals surface area contributed by atoms with E-state index in [9.17, 15) is 23.6 Å². The Balaban J connectivity index is 1.93. The average Bonchev–Trinajstić information content (AvgIpc) is 3.33. The zero-order valence-electron chi connectivity index (χ0n) is 14.8. The van der Waals surface area contributed by atoms with Crippen LogP contribution in [0.4, 0.5) is 11.4 Å². The second-order valence-corrected chi connectivity index (χ2v) is 9.37. The van der Waals surface area contributed by atoms with E-state index in [0.29, 0.717) is 18.7 Å². The normalized spacial score (nSPS) is 17.6. The zero-order chi connectivity index (χ0) is 19.7. The van der Waals surface area contributed by atoms with Gasteiger partial charge in [-0.05, 0) is 48.2 Å². The Morgan fingerprint density at radius 3 is 2.63 bits per heavy atom. The quantitative estimate of drug-likeness (QED) is 0.535. The fourth-order valence-corrected chi connectivity index (χ4v) is 5.48. The lowest BCUT2D eigenvalue weighted by Crippen LogP contribution is -2.32. The van der Waals surface area contributed by atoms with E-state index in [-0.39, 0.29) is 22.8 Å². The molecule has 0 radical (unpaired) electrons. The highest BCUT2D eigenvalue weighted by Crippen LogP contribution is 2.32. The van der Waals surface area contributed by atoms with Gasteiger partial charge >= 0.3 is 0 Å². The first-order chi connectivity index (χ1) is 12.7. The van der Waals surface area contributed by atoms with Crippen molar-refractivity contribution in [2.75, 3.05) is 25.0 Å². The summed E-state index contributed by atoms with van der Waals surface area (Å²) in [6.45, 7) is 2.49. The third-order valence-electron chi connectivity index (χ3n) is 4.63. The van der Waals surface area contributed by atoms with Crippen molar-refractivity contribution in [3.63, 3.8) is 0 Å². The molecule has 0 spiro atoms. The highest BCUT2D eigenvalue weighted by Gasteiger charge is 2.32. The van der Waals surface area contributed by atoms with Crippen LogP contribution in [0.2, 0.25) is 0 Å². The third kappa shape index (κ3) is 4.13. The molecule has 1 fully saturated rings. The molecule has 2 N–H and O–H groups in total. The molecule has 27 heavy (non-hydrogen) atoms. The van der Waals surface area contributed by atoms with E-state index >= 15 is 0 Å². The van der Waals surface area contributed by atoms with E-state index in [2.05, 4.69) is 5.32 Å². The van der Waals surface area contributed by atoms with Crippen molar-refractivity contribution < 1.29 is 18.4 Å². The number of nitrogens with one attached hydrogen (secondary N) is 1. The first-order valence-corrected chi connectivity index (χ1v) is 10.9. The van der Waals surface area contributed by atoms with E-state index in [0.717, 1.165) is 18.9 Å². The summed E-state index contributed by atoms with van der Waals surface area (Å²) in [5, 5.41) is 28.4. The van der Waals surface area contributed by atoms with E-state index in [1.54, 1.807) is 13.0 Å². The van der Waals surface area contributed by atoms with Gasteiger partial charge in [0.2, 0.25) is 10.0 Å².